The monoisotopic (exact) mass is 308 g/mol. The highest BCUT2D eigenvalue weighted by atomic mass is 14.7. The molecule has 0 unspecified atom stereocenters. The van der Waals surface area contributed by atoms with Gasteiger partial charge in [0.15, 0.2) is 0 Å². The lowest BCUT2D eigenvalue weighted by Crippen LogP contribution is -1.90. The van der Waals surface area contributed by atoms with Crippen LogP contribution in [-0.4, -0.2) is 9.97 Å². The van der Waals surface area contributed by atoms with Crippen LogP contribution in [0.25, 0.3) is 49.6 Å². The Morgan fingerprint density at radius 1 is 0.708 bits per heavy atom. The molecule has 2 heteroatoms. The Morgan fingerprint density at radius 2 is 1.54 bits per heavy atom. The van der Waals surface area contributed by atoms with Gasteiger partial charge < -0.3 is 9.97 Å². The molecular weight excluding hydrogens is 292 g/mol. The molecule has 0 fully saturated rings. The summed E-state index contributed by atoms with van der Waals surface area (Å²) in [6, 6.07) is 17.5. The van der Waals surface area contributed by atoms with Crippen LogP contribution in [0.4, 0.5) is 0 Å². The fraction of sp³-hybridized carbons (Fsp3) is 0.0909. The summed E-state index contributed by atoms with van der Waals surface area (Å²) in [5, 5.41) is 6.69. The van der Waals surface area contributed by atoms with Gasteiger partial charge in [-0.05, 0) is 36.4 Å². The van der Waals surface area contributed by atoms with Gasteiger partial charge in [-0.3, -0.25) is 0 Å². The van der Waals surface area contributed by atoms with E-state index in [0.717, 1.165) is 12.8 Å². The number of allylic oxidation sites excluding steroid dienone is 1. The molecule has 24 heavy (non-hydrogen) atoms. The number of nitrogens with one attached hydrogen (secondary N) is 2. The summed E-state index contributed by atoms with van der Waals surface area (Å²) in [7, 11) is 0. The van der Waals surface area contributed by atoms with E-state index >= 15 is 0 Å². The molecule has 0 aliphatic heterocycles. The second-order valence-corrected chi connectivity index (χ2v) is 6.70. The van der Waals surface area contributed by atoms with E-state index in [2.05, 4.69) is 70.7 Å². The second kappa shape index (κ2) is 4.30. The lowest BCUT2D eigenvalue weighted by Gasteiger charge is -2.07. The maximum Gasteiger partial charge on any atom is 0.0471 e. The number of para-hydroxylation sites is 1. The summed E-state index contributed by atoms with van der Waals surface area (Å²) in [6.45, 7) is 0. The zero-order chi connectivity index (χ0) is 15.7. The molecule has 114 valence electrons. The van der Waals surface area contributed by atoms with Crippen LogP contribution in [0.2, 0.25) is 0 Å². The molecule has 0 atom stereocenters. The number of H-pyrrole nitrogens is 2. The van der Waals surface area contributed by atoms with Gasteiger partial charge in [0, 0.05) is 49.4 Å². The van der Waals surface area contributed by atoms with Gasteiger partial charge in [0.1, 0.15) is 0 Å². The van der Waals surface area contributed by atoms with Gasteiger partial charge in [-0.25, -0.2) is 0 Å². The number of aromatic amines is 2. The minimum atomic E-state index is 1.10. The van der Waals surface area contributed by atoms with Gasteiger partial charge in [0.2, 0.25) is 0 Å². The van der Waals surface area contributed by atoms with Gasteiger partial charge in [-0.2, -0.15) is 0 Å². The molecule has 2 heterocycles. The van der Waals surface area contributed by atoms with Gasteiger partial charge in [-0.15, -0.1) is 0 Å². The Hall–Kier alpha value is -3.00. The Bertz CT molecular complexity index is 1300. The molecule has 0 amide bonds. The Labute approximate surface area is 138 Å². The van der Waals surface area contributed by atoms with E-state index in [-0.39, 0.29) is 0 Å². The van der Waals surface area contributed by atoms with Crippen LogP contribution < -0.4 is 0 Å². The first-order chi connectivity index (χ1) is 11.9. The van der Waals surface area contributed by atoms with E-state index in [1.54, 1.807) is 0 Å². The average molecular weight is 308 g/mol. The van der Waals surface area contributed by atoms with Crippen molar-refractivity contribution in [2.45, 2.75) is 12.8 Å². The first-order valence-corrected chi connectivity index (χ1v) is 8.53. The maximum atomic E-state index is 3.65. The van der Waals surface area contributed by atoms with Crippen molar-refractivity contribution in [3.8, 4) is 0 Å². The van der Waals surface area contributed by atoms with Crippen LogP contribution in [0.5, 0.6) is 0 Å². The van der Waals surface area contributed by atoms with Crippen molar-refractivity contribution < 1.29 is 0 Å². The van der Waals surface area contributed by atoms with Crippen LogP contribution >= 0.6 is 0 Å². The third-order valence-corrected chi connectivity index (χ3v) is 5.38. The van der Waals surface area contributed by atoms with Crippen LogP contribution in [0.3, 0.4) is 0 Å². The highest BCUT2D eigenvalue weighted by Gasteiger charge is 2.17. The summed E-state index contributed by atoms with van der Waals surface area (Å²) >= 11 is 0. The van der Waals surface area contributed by atoms with Gasteiger partial charge in [0.25, 0.3) is 0 Å². The smallest absolute Gasteiger partial charge is 0.0471 e. The largest absolute Gasteiger partial charge is 0.358 e. The van der Waals surface area contributed by atoms with Crippen molar-refractivity contribution in [3.05, 3.63) is 65.9 Å². The average Bonchev–Trinajstić information content (AvgIpc) is 3.19. The molecule has 0 saturated heterocycles. The quantitative estimate of drug-likeness (QED) is 0.356. The summed E-state index contributed by atoms with van der Waals surface area (Å²) in [4.78, 5) is 7.23. The summed E-state index contributed by atoms with van der Waals surface area (Å²) < 4.78 is 0. The van der Waals surface area contributed by atoms with Gasteiger partial charge in [0.05, 0.1) is 0 Å². The molecule has 0 radical (unpaired) electrons. The van der Waals surface area contributed by atoms with Crippen molar-refractivity contribution in [3.63, 3.8) is 0 Å². The predicted molar refractivity (Wildman–Crippen MR) is 103 cm³/mol. The van der Waals surface area contributed by atoms with E-state index < -0.39 is 0 Å². The molecule has 2 nitrogen and oxygen atoms in total. The molecule has 0 bridgehead atoms. The number of hydrogen-bond donors (Lipinski definition) is 2. The predicted octanol–water partition coefficient (Wildman–Crippen LogP) is 5.92. The normalized spacial score (nSPS) is 14.2. The molecule has 1 aliphatic rings. The molecule has 2 N–H and O–H groups in total. The number of aromatic nitrogens is 2. The Balaban J connectivity index is 1.96. The number of rotatable bonds is 0. The number of hydrogen-bond acceptors (Lipinski definition) is 0. The third-order valence-electron chi connectivity index (χ3n) is 5.38. The van der Waals surface area contributed by atoms with Crippen LogP contribution in [0, 0.1) is 0 Å². The first-order valence-electron chi connectivity index (χ1n) is 8.53. The highest BCUT2D eigenvalue weighted by molar-refractivity contribution is 6.28. The van der Waals surface area contributed by atoms with E-state index in [9.17, 15) is 0 Å². The molecule has 0 spiro atoms. The summed E-state index contributed by atoms with van der Waals surface area (Å²) in [6.07, 6.45) is 6.82. The van der Waals surface area contributed by atoms with Crippen molar-refractivity contribution in [2.24, 2.45) is 0 Å². The molecule has 3 aromatic carbocycles. The summed E-state index contributed by atoms with van der Waals surface area (Å²) in [5.74, 6) is 0. The fourth-order valence-corrected chi connectivity index (χ4v) is 4.33. The minimum Gasteiger partial charge on any atom is -0.358 e. The fourth-order valence-electron chi connectivity index (χ4n) is 4.33. The lowest BCUT2D eigenvalue weighted by molar-refractivity contribution is 0.951. The molecule has 2 aromatic heterocycles. The van der Waals surface area contributed by atoms with E-state index in [1.165, 1.54) is 54.7 Å². The first kappa shape index (κ1) is 12.4. The summed E-state index contributed by atoms with van der Waals surface area (Å²) in [5.41, 5.74) is 6.41. The second-order valence-electron chi connectivity index (χ2n) is 6.70. The van der Waals surface area contributed by atoms with Crippen molar-refractivity contribution in [1.29, 1.82) is 0 Å². The van der Waals surface area contributed by atoms with Crippen LogP contribution in [0.15, 0.2) is 54.6 Å². The molecule has 5 aromatic rings. The number of benzene rings is 3. The molecule has 1 aliphatic carbocycles. The minimum absolute atomic E-state index is 1.10. The van der Waals surface area contributed by atoms with E-state index in [4.69, 9.17) is 0 Å². The molecule has 0 saturated carbocycles. The highest BCUT2D eigenvalue weighted by Crippen LogP contribution is 2.39. The van der Waals surface area contributed by atoms with E-state index in [1.807, 2.05) is 0 Å². The zero-order valence-corrected chi connectivity index (χ0v) is 13.2. The topological polar surface area (TPSA) is 31.6 Å². The Morgan fingerprint density at radius 3 is 2.46 bits per heavy atom. The maximum absolute atomic E-state index is 3.65. The van der Waals surface area contributed by atoms with Crippen LogP contribution in [0.1, 0.15) is 17.7 Å². The standard InChI is InChI=1S/C22H16N2/c1-3-7-16-14(5-1)21-18(23-16)11-9-13-10-12-19-22(20(13)21)15-6-2-4-8-17(15)24-19/h1-3,5-7,9-12,23-24H,4,8H2. The van der Waals surface area contributed by atoms with Crippen molar-refractivity contribution >= 4 is 49.6 Å². The van der Waals surface area contributed by atoms with Gasteiger partial charge >= 0.3 is 0 Å². The SMILES string of the molecule is C1=Cc2c([nH]c3ccc4ccc5[nH]c6ccccc6c5c4c23)CC1. The number of fused-ring (bicyclic) bond motifs is 9. The van der Waals surface area contributed by atoms with Crippen molar-refractivity contribution in [1.82, 2.24) is 9.97 Å². The Kier molecular flexibility index (Phi) is 2.22. The molecular formula is C22H16N2. The molecule has 6 rings (SSSR count). The van der Waals surface area contributed by atoms with Crippen molar-refractivity contribution in [2.75, 3.05) is 0 Å². The van der Waals surface area contributed by atoms with Crippen LogP contribution in [-0.2, 0) is 6.42 Å². The lowest BCUT2D eigenvalue weighted by atomic mass is 9.95. The zero-order valence-electron chi connectivity index (χ0n) is 13.2. The van der Waals surface area contributed by atoms with E-state index in [0.29, 0.717) is 0 Å². The van der Waals surface area contributed by atoms with Gasteiger partial charge in [-0.1, -0.05) is 42.5 Å². The number of aryl methyl sites for hydroxylation is 1. The third kappa shape index (κ3) is 1.46.